The van der Waals surface area contributed by atoms with Crippen LogP contribution in [0.4, 0.5) is 0 Å². The van der Waals surface area contributed by atoms with Crippen LogP contribution in [-0.4, -0.2) is 70.2 Å². The summed E-state index contributed by atoms with van der Waals surface area (Å²) < 4.78 is 37.6. The molecule has 2 aliphatic heterocycles. The van der Waals surface area contributed by atoms with E-state index in [1.54, 1.807) is 29.6 Å². The van der Waals surface area contributed by atoms with E-state index in [1.165, 1.54) is 0 Å². The monoisotopic (exact) mass is 326 g/mol. The maximum Gasteiger partial charge on any atom is 0.243 e. The second kappa shape index (κ2) is 6.16. The normalized spacial score (nSPS) is 21.5. The van der Waals surface area contributed by atoms with Gasteiger partial charge < -0.3 is 9.47 Å². The second-order valence-corrected chi connectivity index (χ2v) is 7.66. The third-order valence-corrected chi connectivity index (χ3v) is 6.38. The number of benzene rings is 1. The van der Waals surface area contributed by atoms with Crippen molar-refractivity contribution in [2.24, 2.45) is 0 Å². The fraction of sp³-hybridized carbons (Fsp3) is 0.600. The Morgan fingerprint density at radius 2 is 1.91 bits per heavy atom. The van der Waals surface area contributed by atoms with Crippen LogP contribution in [0.25, 0.3) is 0 Å². The summed E-state index contributed by atoms with van der Waals surface area (Å²) >= 11 is 0. The van der Waals surface area contributed by atoms with Crippen molar-refractivity contribution in [3.63, 3.8) is 0 Å². The van der Waals surface area contributed by atoms with Gasteiger partial charge in [0.25, 0.3) is 0 Å². The van der Waals surface area contributed by atoms with E-state index in [-0.39, 0.29) is 0 Å². The molecule has 0 radical (unpaired) electrons. The van der Waals surface area contributed by atoms with Crippen LogP contribution in [0, 0.1) is 6.92 Å². The first-order valence-electron chi connectivity index (χ1n) is 7.49. The van der Waals surface area contributed by atoms with Gasteiger partial charge in [0.2, 0.25) is 10.0 Å². The van der Waals surface area contributed by atoms with Crippen LogP contribution in [0.1, 0.15) is 5.56 Å². The fourth-order valence-corrected chi connectivity index (χ4v) is 4.67. The van der Waals surface area contributed by atoms with Crippen molar-refractivity contribution in [1.82, 2.24) is 9.21 Å². The highest BCUT2D eigenvalue weighted by atomic mass is 32.2. The van der Waals surface area contributed by atoms with Gasteiger partial charge in [0, 0.05) is 38.3 Å². The summed E-state index contributed by atoms with van der Waals surface area (Å²) in [5.41, 5.74) is 0.746. The van der Waals surface area contributed by atoms with Crippen LogP contribution in [0.2, 0.25) is 0 Å². The number of morpholine rings is 1. The summed E-state index contributed by atoms with van der Waals surface area (Å²) in [6.45, 7) is 6.16. The van der Waals surface area contributed by atoms with Crippen LogP contribution < -0.4 is 4.74 Å². The number of methoxy groups -OCH3 is 1. The third kappa shape index (κ3) is 2.86. The number of rotatable bonds is 4. The molecule has 0 amide bonds. The van der Waals surface area contributed by atoms with Gasteiger partial charge in [-0.3, -0.25) is 4.90 Å². The van der Waals surface area contributed by atoms with Gasteiger partial charge >= 0.3 is 0 Å². The van der Waals surface area contributed by atoms with Crippen LogP contribution in [-0.2, 0) is 14.8 Å². The molecule has 1 aromatic carbocycles. The van der Waals surface area contributed by atoms with Crippen molar-refractivity contribution < 1.29 is 17.9 Å². The van der Waals surface area contributed by atoms with Crippen molar-refractivity contribution in [2.75, 3.05) is 46.5 Å². The first-order valence-corrected chi connectivity index (χ1v) is 8.93. The molecular weight excluding hydrogens is 304 g/mol. The molecule has 0 bridgehead atoms. The first kappa shape index (κ1) is 15.7. The lowest BCUT2D eigenvalue weighted by atomic mass is 10.1. The van der Waals surface area contributed by atoms with Crippen LogP contribution >= 0.6 is 0 Å². The molecule has 2 heterocycles. The molecule has 0 atom stereocenters. The van der Waals surface area contributed by atoms with Gasteiger partial charge in [-0.15, -0.1) is 0 Å². The van der Waals surface area contributed by atoms with E-state index in [0.29, 0.717) is 29.8 Å². The average molecular weight is 326 g/mol. The number of ether oxygens (including phenoxy) is 2. The minimum absolute atomic E-state index is 0.310. The number of sulfonamides is 1. The highest BCUT2D eigenvalue weighted by molar-refractivity contribution is 7.89. The first-order chi connectivity index (χ1) is 10.5. The Hall–Kier alpha value is -1.15. The van der Waals surface area contributed by atoms with Crippen molar-refractivity contribution in [3.05, 3.63) is 23.8 Å². The zero-order valence-corrected chi connectivity index (χ0v) is 13.8. The van der Waals surface area contributed by atoms with Crippen LogP contribution in [0.3, 0.4) is 0 Å². The van der Waals surface area contributed by atoms with Crippen molar-refractivity contribution in [1.29, 1.82) is 0 Å². The molecule has 3 rings (SSSR count). The topological polar surface area (TPSA) is 59.1 Å². The lowest BCUT2D eigenvalue weighted by Gasteiger charge is -2.45. The van der Waals surface area contributed by atoms with E-state index in [4.69, 9.17) is 9.47 Å². The number of hydrogen-bond acceptors (Lipinski definition) is 5. The lowest BCUT2D eigenvalue weighted by molar-refractivity contribution is -0.0116. The van der Waals surface area contributed by atoms with Crippen molar-refractivity contribution in [2.45, 2.75) is 17.9 Å². The molecule has 0 saturated carbocycles. The Morgan fingerprint density at radius 3 is 2.55 bits per heavy atom. The van der Waals surface area contributed by atoms with Crippen LogP contribution in [0.5, 0.6) is 5.75 Å². The molecule has 0 aromatic heterocycles. The van der Waals surface area contributed by atoms with E-state index in [9.17, 15) is 8.42 Å². The summed E-state index contributed by atoms with van der Waals surface area (Å²) in [6.07, 6.45) is 0. The molecule has 0 N–H and O–H groups in total. The van der Waals surface area contributed by atoms with Gasteiger partial charge in [-0.2, -0.15) is 4.31 Å². The summed E-state index contributed by atoms with van der Waals surface area (Å²) in [7, 11) is -1.90. The molecule has 0 spiro atoms. The predicted octanol–water partition coefficient (Wildman–Crippen LogP) is 0.709. The minimum atomic E-state index is -3.44. The van der Waals surface area contributed by atoms with E-state index in [1.807, 2.05) is 6.92 Å². The second-order valence-electron chi connectivity index (χ2n) is 5.76. The Labute approximate surface area is 131 Å². The van der Waals surface area contributed by atoms with Crippen molar-refractivity contribution >= 4 is 10.0 Å². The largest absolute Gasteiger partial charge is 0.497 e. The van der Waals surface area contributed by atoms with E-state index in [2.05, 4.69) is 4.90 Å². The van der Waals surface area contributed by atoms with Gasteiger partial charge in [0.05, 0.1) is 25.2 Å². The summed E-state index contributed by atoms with van der Waals surface area (Å²) in [4.78, 5) is 2.65. The number of nitrogens with zero attached hydrogens (tertiary/aromatic N) is 2. The average Bonchev–Trinajstić information content (AvgIpc) is 2.47. The van der Waals surface area contributed by atoms with Gasteiger partial charge in [-0.1, -0.05) is 6.07 Å². The van der Waals surface area contributed by atoms with E-state index in [0.717, 1.165) is 31.9 Å². The van der Waals surface area contributed by atoms with E-state index >= 15 is 0 Å². The quantitative estimate of drug-likeness (QED) is 0.815. The predicted molar refractivity (Wildman–Crippen MR) is 82.7 cm³/mol. The van der Waals surface area contributed by atoms with Gasteiger partial charge in [0.1, 0.15) is 5.75 Å². The molecule has 22 heavy (non-hydrogen) atoms. The van der Waals surface area contributed by atoms with Crippen LogP contribution in [0.15, 0.2) is 23.1 Å². The highest BCUT2D eigenvalue weighted by Crippen LogP contribution is 2.29. The molecule has 1 aromatic rings. The smallest absolute Gasteiger partial charge is 0.243 e. The zero-order chi connectivity index (χ0) is 15.7. The lowest BCUT2D eigenvalue weighted by Crippen LogP contribution is -2.62. The van der Waals surface area contributed by atoms with Gasteiger partial charge in [-0.05, 0) is 18.6 Å². The number of aryl methyl sites for hydroxylation is 1. The molecule has 122 valence electrons. The van der Waals surface area contributed by atoms with Gasteiger partial charge in [-0.25, -0.2) is 8.42 Å². The minimum Gasteiger partial charge on any atom is -0.497 e. The van der Waals surface area contributed by atoms with Crippen molar-refractivity contribution in [3.8, 4) is 5.75 Å². The fourth-order valence-electron chi connectivity index (χ4n) is 2.91. The zero-order valence-electron chi connectivity index (χ0n) is 13.0. The Kier molecular flexibility index (Phi) is 4.40. The molecular formula is C15H22N2O4S. The standard InChI is InChI=1S/C15H22N2O4S/c1-12-3-4-14(20-2)9-15(12)22(18,19)17-10-13(11-17)16-5-7-21-8-6-16/h3-4,9,13H,5-8,10-11H2,1-2H3. The summed E-state index contributed by atoms with van der Waals surface area (Å²) in [6, 6.07) is 5.48. The Balaban J connectivity index is 1.72. The maximum atomic E-state index is 12.8. The molecule has 6 nitrogen and oxygen atoms in total. The molecule has 2 saturated heterocycles. The molecule has 7 heteroatoms. The Morgan fingerprint density at radius 1 is 1.23 bits per heavy atom. The summed E-state index contributed by atoms with van der Waals surface area (Å²) in [5, 5.41) is 0. The Bertz CT molecular complexity index is 635. The maximum absolute atomic E-state index is 12.8. The molecule has 0 aliphatic carbocycles. The number of hydrogen-bond donors (Lipinski definition) is 0. The van der Waals surface area contributed by atoms with Gasteiger partial charge in [0.15, 0.2) is 0 Å². The molecule has 0 unspecified atom stereocenters. The highest BCUT2D eigenvalue weighted by Gasteiger charge is 2.40. The SMILES string of the molecule is COc1ccc(C)c(S(=O)(=O)N2CC(N3CCOCC3)C2)c1. The summed E-state index contributed by atoms with van der Waals surface area (Å²) in [5.74, 6) is 0.564. The molecule has 2 aliphatic rings. The molecule has 2 fully saturated rings. The third-order valence-electron chi connectivity index (χ3n) is 4.40. The van der Waals surface area contributed by atoms with E-state index < -0.39 is 10.0 Å².